The highest BCUT2D eigenvalue weighted by Crippen LogP contribution is 2.40. The van der Waals surface area contributed by atoms with Crippen LogP contribution in [0.1, 0.15) is 25.5 Å². The molecule has 1 heterocycles. The number of nitrogens with zero attached hydrogens (tertiary/aromatic N) is 2. The van der Waals surface area contributed by atoms with E-state index in [2.05, 4.69) is 4.99 Å². The van der Waals surface area contributed by atoms with Gasteiger partial charge in [-0.1, -0.05) is 6.07 Å². The molecule has 0 bridgehead atoms. The lowest BCUT2D eigenvalue weighted by Gasteiger charge is -2.33. The van der Waals surface area contributed by atoms with E-state index in [1.165, 1.54) is 0 Å². The zero-order valence-corrected chi connectivity index (χ0v) is 12.5. The number of carbonyl (C=O) groups is 1. The van der Waals surface area contributed by atoms with Crippen LogP contribution in [-0.2, 0) is 9.53 Å². The van der Waals surface area contributed by atoms with Gasteiger partial charge in [0.25, 0.3) is 0 Å². The third-order valence-electron chi connectivity index (χ3n) is 3.20. The number of methoxy groups -OCH3 is 1. The van der Waals surface area contributed by atoms with Gasteiger partial charge < -0.3 is 14.4 Å². The summed E-state index contributed by atoms with van der Waals surface area (Å²) in [5, 5.41) is 0.284. The van der Waals surface area contributed by atoms with Crippen LogP contribution in [0.4, 0.5) is 5.69 Å². The Morgan fingerprint density at radius 1 is 1.50 bits per heavy atom. The van der Waals surface area contributed by atoms with Gasteiger partial charge in [0, 0.05) is 5.56 Å². The average Bonchev–Trinajstić information content (AvgIpc) is 2.42. The van der Waals surface area contributed by atoms with Crippen LogP contribution in [0.25, 0.3) is 0 Å². The second-order valence-electron chi connectivity index (χ2n) is 4.38. The van der Waals surface area contributed by atoms with Gasteiger partial charge in [0.1, 0.15) is 12.3 Å². The van der Waals surface area contributed by atoms with Gasteiger partial charge in [-0.25, -0.2) is 4.99 Å². The standard InChI is InChI=1S/C14H17ClN2O3/c1-4-20-12(18)8-17-9(2)13-10(16-14(17)15)6-5-7-11(13)19-3/h5-7,9H,4,8H2,1-3H3. The van der Waals surface area contributed by atoms with E-state index >= 15 is 0 Å². The average molecular weight is 297 g/mol. The second kappa shape index (κ2) is 6.13. The fraction of sp³-hybridized carbons (Fsp3) is 0.429. The molecular weight excluding hydrogens is 280 g/mol. The molecule has 0 spiro atoms. The number of benzene rings is 1. The maximum absolute atomic E-state index is 11.7. The highest BCUT2D eigenvalue weighted by atomic mass is 35.5. The van der Waals surface area contributed by atoms with Crippen molar-refractivity contribution in [2.45, 2.75) is 19.9 Å². The fourth-order valence-corrected chi connectivity index (χ4v) is 2.55. The molecule has 0 fully saturated rings. The predicted molar refractivity (Wildman–Crippen MR) is 77.7 cm³/mol. The van der Waals surface area contributed by atoms with Crippen molar-refractivity contribution in [3.05, 3.63) is 23.8 Å². The largest absolute Gasteiger partial charge is 0.496 e. The molecule has 1 aromatic carbocycles. The van der Waals surface area contributed by atoms with E-state index < -0.39 is 0 Å². The monoisotopic (exact) mass is 296 g/mol. The van der Waals surface area contributed by atoms with Crippen molar-refractivity contribution in [3.63, 3.8) is 0 Å². The van der Waals surface area contributed by atoms with Crippen molar-refractivity contribution in [1.82, 2.24) is 4.90 Å². The maximum atomic E-state index is 11.7. The Balaban J connectivity index is 2.33. The molecule has 1 atom stereocenters. The predicted octanol–water partition coefficient (Wildman–Crippen LogP) is 2.86. The third kappa shape index (κ3) is 2.72. The van der Waals surface area contributed by atoms with Gasteiger partial charge >= 0.3 is 5.97 Å². The smallest absolute Gasteiger partial charge is 0.325 e. The molecule has 20 heavy (non-hydrogen) atoms. The minimum absolute atomic E-state index is 0.0643. The Bertz CT molecular complexity index is 545. The lowest BCUT2D eigenvalue weighted by atomic mass is 10.0. The molecule has 0 amide bonds. The van der Waals surface area contributed by atoms with Crippen LogP contribution in [0.3, 0.4) is 0 Å². The first-order valence-electron chi connectivity index (χ1n) is 6.41. The summed E-state index contributed by atoms with van der Waals surface area (Å²) >= 11 is 6.17. The van der Waals surface area contributed by atoms with Gasteiger partial charge in [-0.3, -0.25) is 4.79 Å². The zero-order valence-electron chi connectivity index (χ0n) is 11.7. The molecule has 0 radical (unpaired) electrons. The lowest BCUT2D eigenvalue weighted by Crippen LogP contribution is -2.37. The molecule has 0 aliphatic carbocycles. The number of carbonyl (C=O) groups excluding carboxylic acids is 1. The molecule has 2 rings (SSSR count). The zero-order chi connectivity index (χ0) is 14.7. The third-order valence-corrected chi connectivity index (χ3v) is 3.50. The van der Waals surface area contributed by atoms with Crippen LogP contribution >= 0.6 is 11.6 Å². The molecule has 5 nitrogen and oxygen atoms in total. The minimum Gasteiger partial charge on any atom is -0.496 e. The first-order chi connectivity index (χ1) is 9.58. The molecule has 0 aromatic heterocycles. The SMILES string of the molecule is CCOC(=O)CN1C(Cl)=Nc2cccc(OC)c2C1C. The Hall–Kier alpha value is -1.75. The van der Waals surface area contributed by atoms with E-state index in [0.29, 0.717) is 6.61 Å². The Kier molecular flexibility index (Phi) is 4.49. The fourth-order valence-electron chi connectivity index (χ4n) is 2.25. The summed E-state index contributed by atoms with van der Waals surface area (Å²) in [5.74, 6) is 0.405. The molecule has 0 N–H and O–H groups in total. The summed E-state index contributed by atoms with van der Waals surface area (Å²) in [4.78, 5) is 17.7. The van der Waals surface area contributed by atoms with E-state index in [-0.39, 0.29) is 23.9 Å². The van der Waals surface area contributed by atoms with Crippen molar-refractivity contribution in [1.29, 1.82) is 0 Å². The van der Waals surface area contributed by atoms with Crippen molar-refractivity contribution < 1.29 is 14.3 Å². The number of esters is 1. The van der Waals surface area contributed by atoms with Crippen LogP contribution in [0.5, 0.6) is 5.75 Å². The first-order valence-corrected chi connectivity index (χ1v) is 6.79. The van der Waals surface area contributed by atoms with Crippen LogP contribution < -0.4 is 4.74 Å². The van der Waals surface area contributed by atoms with Gasteiger partial charge in [0.15, 0.2) is 5.29 Å². The number of fused-ring (bicyclic) bond motifs is 1. The quantitative estimate of drug-likeness (QED) is 0.633. The number of hydrogen-bond donors (Lipinski definition) is 0. The number of halogens is 1. The first kappa shape index (κ1) is 14.7. The molecule has 1 aliphatic heterocycles. The summed E-state index contributed by atoms with van der Waals surface area (Å²) in [6, 6.07) is 5.49. The number of aliphatic imine (C=N–C) groups is 1. The summed E-state index contributed by atoms with van der Waals surface area (Å²) in [6.07, 6.45) is 0. The van der Waals surface area contributed by atoms with Crippen molar-refractivity contribution in [2.75, 3.05) is 20.3 Å². The summed E-state index contributed by atoms with van der Waals surface area (Å²) < 4.78 is 10.3. The molecular formula is C14H17ClN2O3. The van der Waals surface area contributed by atoms with Gasteiger partial charge in [-0.2, -0.15) is 0 Å². The van der Waals surface area contributed by atoms with Gasteiger partial charge in [-0.05, 0) is 37.6 Å². The molecule has 0 saturated heterocycles. The number of hydrogen-bond acceptors (Lipinski definition) is 5. The van der Waals surface area contributed by atoms with E-state index in [0.717, 1.165) is 17.0 Å². The van der Waals surface area contributed by atoms with Crippen LogP contribution in [0.15, 0.2) is 23.2 Å². The maximum Gasteiger partial charge on any atom is 0.325 e. The summed E-state index contributed by atoms with van der Waals surface area (Å²) in [6.45, 7) is 4.13. The summed E-state index contributed by atoms with van der Waals surface area (Å²) in [5.41, 5.74) is 1.69. The molecule has 0 saturated carbocycles. The number of rotatable bonds is 4. The van der Waals surface area contributed by atoms with Crippen molar-refractivity contribution in [2.24, 2.45) is 4.99 Å². The van der Waals surface area contributed by atoms with E-state index in [1.54, 1.807) is 18.9 Å². The van der Waals surface area contributed by atoms with E-state index in [4.69, 9.17) is 21.1 Å². The van der Waals surface area contributed by atoms with Gasteiger partial charge in [0.2, 0.25) is 0 Å². The van der Waals surface area contributed by atoms with Crippen LogP contribution in [0.2, 0.25) is 0 Å². The highest BCUT2D eigenvalue weighted by Gasteiger charge is 2.30. The molecule has 1 aromatic rings. The highest BCUT2D eigenvalue weighted by molar-refractivity contribution is 6.65. The Labute approximate surface area is 123 Å². The van der Waals surface area contributed by atoms with E-state index in [1.807, 2.05) is 25.1 Å². The topological polar surface area (TPSA) is 51.1 Å². The summed E-state index contributed by atoms with van der Waals surface area (Å²) in [7, 11) is 1.61. The van der Waals surface area contributed by atoms with Gasteiger partial charge in [-0.15, -0.1) is 0 Å². The molecule has 6 heteroatoms. The van der Waals surface area contributed by atoms with Crippen LogP contribution in [-0.4, -0.2) is 36.4 Å². The van der Waals surface area contributed by atoms with Crippen molar-refractivity contribution in [3.8, 4) is 5.75 Å². The van der Waals surface area contributed by atoms with Crippen LogP contribution in [0, 0.1) is 0 Å². The molecule has 1 aliphatic rings. The Morgan fingerprint density at radius 2 is 2.25 bits per heavy atom. The van der Waals surface area contributed by atoms with Crippen molar-refractivity contribution >= 4 is 28.6 Å². The Morgan fingerprint density at radius 3 is 2.90 bits per heavy atom. The molecule has 108 valence electrons. The molecule has 1 unspecified atom stereocenters. The number of amidine groups is 1. The van der Waals surface area contributed by atoms with E-state index in [9.17, 15) is 4.79 Å². The normalized spacial score (nSPS) is 17.3. The number of ether oxygens (including phenoxy) is 2. The second-order valence-corrected chi connectivity index (χ2v) is 4.72. The van der Waals surface area contributed by atoms with Gasteiger partial charge in [0.05, 0.1) is 25.4 Å². The lowest BCUT2D eigenvalue weighted by molar-refractivity contribution is -0.143. The minimum atomic E-state index is -0.328.